The van der Waals surface area contributed by atoms with Crippen LogP contribution in [0.5, 0.6) is 0 Å². The zero-order valence-electron chi connectivity index (χ0n) is 11.4. The van der Waals surface area contributed by atoms with E-state index >= 15 is 0 Å². The Hall–Kier alpha value is -1.51. The number of hydrogen-bond acceptors (Lipinski definition) is 1. The van der Waals surface area contributed by atoms with Gasteiger partial charge in [0.25, 0.3) is 0 Å². The van der Waals surface area contributed by atoms with Crippen molar-refractivity contribution in [3.05, 3.63) is 64.1 Å². The normalized spacial score (nSPS) is 16.1. The van der Waals surface area contributed by atoms with E-state index in [2.05, 4.69) is 5.32 Å². The highest BCUT2D eigenvalue weighted by Crippen LogP contribution is 2.47. The van der Waals surface area contributed by atoms with Crippen LogP contribution in [0.2, 0.25) is 10.0 Å². The first-order valence-corrected chi connectivity index (χ1v) is 7.69. The van der Waals surface area contributed by atoms with E-state index in [1.54, 1.807) is 12.1 Å². The average molecular weight is 320 g/mol. The first-order chi connectivity index (χ1) is 10.1. The van der Waals surface area contributed by atoms with Gasteiger partial charge in [0.1, 0.15) is 0 Å². The molecule has 3 rings (SSSR count). The van der Waals surface area contributed by atoms with Crippen LogP contribution in [0.4, 0.5) is 5.69 Å². The topological polar surface area (TPSA) is 29.1 Å². The lowest BCUT2D eigenvalue weighted by Crippen LogP contribution is -2.46. The number of benzene rings is 2. The molecule has 2 nitrogen and oxygen atoms in total. The van der Waals surface area contributed by atoms with E-state index in [9.17, 15) is 4.79 Å². The number of rotatable bonds is 3. The van der Waals surface area contributed by atoms with Crippen molar-refractivity contribution in [1.29, 1.82) is 0 Å². The second kappa shape index (κ2) is 5.70. The Balaban J connectivity index is 1.91. The largest absolute Gasteiger partial charge is 0.325 e. The molecular weight excluding hydrogens is 305 g/mol. The van der Waals surface area contributed by atoms with Crippen molar-refractivity contribution in [3.63, 3.8) is 0 Å². The van der Waals surface area contributed by atoms with Gasteiger partial charge in [0, 0.05) is 15.7 Å². The van der Waals surface area contributed by atoms with Crippen molar-refractivity contribution in [2.24, 2.45) is 0 Å². The van der Waals surface area contributed by atoms with Gasteiger partial charge < -0.3 is 5.32 Å². The molecule has 0 atom stereocenters. The summed E-state index contributed by atoms with van der Waals surface area (Å²) in [5, 5.41) is 4.14. The third kappa shape index (κ3) is 2.66. The van der Waals surface area contributed by atoms with Crippen molar-refractivity contribution >= 4 is 34.8 Å². The SMILES string of the molecule is O=C(Nc1ccccc1)C1(c2ccc(Cl)cc2Cl)CCC1. The van der Waals surface area contributed by atoms with E-state index in [0.29, 0.717) is 10.0 Å². The van der Waals surface area contributed by atoms with E-state index < -0.39 is 5.41 Å². The molecule has 1 saturated carbocycles. The smallest absolute Gasteiger partial charge is 0.235 e. The first kappa shape index (κ1) is 14.4. The predicted octanol–water partition coefficient (Wildman–Crippen LogP) is 5.05. The van der Waals surface area contributed by atoms with Crippen LogP contribution in [0.25, 0.3) is 0 Å². The van der Waals surface area contributed by atoms with Crippen molar-refractivity contribution in [1.82, 2.24) is 0 Å². The summed E-state index contributed by atoms with van der Waals surface area (Å²) < 4.78 is 0. The Bertz CT molecular complexity index is 666. The van der Waals surface area contributed by atoms with Crippen molar-refractivity contribution in [3.8, 4) is 0 Å². The summed E-state index contributed by atoms with van der Waals surface area (Å²) in [7, 11) is 0. The molecule has 0 aromatic heterocycles. The second-order valence-corrected chi connectivity index (χ2v) is 6.22. The molecule has 0 aliphatic heterocycles. The molecule has 21 heavy (non-hydrogen) atoms. The molecule has 0 saturated heterocycles. The van der Waals surface area contributed by atoms with Crippen LogP contribution in [0.15, 0.2) is 48.5 Å². The third-order valence-electron chi connectivity index (χ3n) is 4.12. The van der Waals surface area contributed by atoms with Crippen molar-refractivity contribution in [2.45, 2.75) is 24.7 Å². The van der Waals surface area contributed by atoms with Crippen LogP contribution in [-0.2, 0) is 10.2 Å². The summed E-state index contributed by atoms with van der Waals surface area (Å²) in [6, 6.07) is 14.9. The molecule has 2 aromatic rings. The van der Waals surface area contributed by atoms with E-state index in [1.165, 1.54) is 0 Å². The predicted molar refractivity (Wildman–Crippen MR) is 87.1 cm³/mol. The van der Waals surface area contributed by atoms with Crippen LogP contribution < -0.4 is 5.32 Å². The molecule has 1 amide bonds. The van der Waals surface area contributed by atoms with Gasteiger partial charge in [-0.15, -0.1) is 0 Å². The van der Waals surface area contributed by atoms with Crippen LogP contribution in [0.3, 0.4) is 0 Å². The van der Waals surface area contributed by atoms with Gasteiger partial charge in [0.05, 0.1) is 5.41 Å². The minimum Gasteiger partial charge on any atom is -0.325 e. The number of para-hydroxylation sites is 1. The molecule has 1 aliphatic rings. The fraction of sp³-hybridized carbons (Fsp3) is 0.235. The van der Waals surface area contributed by atoms with Gasteiger partial charge in [-0.05, 0) is 42.7 Å². The summed E-state index contributed by atoms with van der Waals surface area (Å²) >= 11 is 12.3. The first-order valence-electron chi connectivity index (χ1n) is 6.94. The number of carbonyl (C=O) groups is 1. The highest BCUT2D eigenvalue weighted by molar-refractivity contribution is 6.35. The summed E-state index contributed by atoms with van der Waals surface area (Å²) in [4.78, 5) is 12.8. The Morgan fingerprint density at radius 2 is 1.76 bits per heavy atom. The monoisotopic (exact) mass is 319 g/mol. The molecule has 1 fully saturated rings. The molecule has 0 bridgehead atoms. The molecule has 4 heteroatoms. The maximum Gasteiger partial charge on any atom is 0.235 e. The lowest BCUT2D eigenvalue weighted by molar-refractivity contribution is -0.124. The molecular formula is C17H15Cl2NO. The second-order valence-electron chi connectivity index (χ2n) is 5.38. The van der Waals surface area contributed by atoms with Gasteiger partial charge >= 0.3 is 0 Å². The van der Waals surface area contributed by atoms with Crippen LogP contribution in [-0.4, -0.2) is 5.91 Å². The average Bonchev–Trinajstić information content (AvgIpc) is 2.41. The minimum absolute atomic E-state index is 0.00386. The number of halogens is 2. The molecule has 0 radical (unpaired) electrons. The molecule has 1 N–H and O–H groups in total. The van der Waals surface area contributed by atoms with Gasteiger partial charge in [-0.2, -0.15) is 0 Å². The minimum atomic E-state index is -0.530. The number of nitrogens with one attached hydrogen (secondary N) is 1. The van der Waals surface area contributed by atoms with Gasteiger partial charge in [0.2, 0.25) is 5.91 Å². The zero-order chi connectivity index (χ0) is 14.9. The highest BCUT2D eigenvalue weighted by Gasteiger charge is 2.46. The fourth-order valence-corrected chi connectivity index (χ4v) is 3.39. The lowest BCUT2D eigenvalue weighted by Gasteiger charge is -2.41. The Morgan fingerprint density at radius 3 is 2.33 bits per heavy atom. The van der Waals surface area contributed by atoms with E-state index in [-0.39, 0.29) is 5.91 Å². The summed E-state index contributed by atoms with van der Waals surface area (Å²) in [6.45, 7) is 0. The van der Waals surface area contributed by atoms with Crippen molar-refractivity contribution < 1.29 is 4.79 Å². The van der Waals surface area contributed by atoms with E-state index in [0.717, 1.165) is 30.5 Å². The number of amides is 1. The number of anilines is 1. The van der Waals surface area contributed by atoms with Crippen LogP contribution >= 0.6 is 23.2 Å². The standard InChI is InChI=1S/C17H15Cl2NO/c18-12-7-8-14(15(19)11-12)17(9-4-10-17)16(21)20-13-5-2-1-3-6-13/h1-3,5-8,11H,4,9-10H2,(H,20,21). The van der Waals surface area contributed by atoms with Crippen molar-refractivity contribution in [2.75, 3.05) is 5.32 Å². The Labute approximate surface area is 134 Å². The maximum atomic E-state index is 12.8. The highest BCUT2D eigenvalue weighted by atomic mass is 35.5. The van der Waals surface area contributed by atoms with Gasteiger partial charge in [-0.1, -0.05) is 53.9 Å². The van der Waals surface area contributed by atoms with Gasteiger partial charge in [-0.25, -0.2) is 0 Å². The molecule has 0 unspecified atom stereocenters. The van der Waals surface area contributed by atoms with Gasteiger partial charge in [0.15, 0.2) is 0 Å². The molecule has 108 valence electrons. The summed E-state index contributed by atoms with van der Waals surface area (Å²) in [6.07, 6.45) is 2.65. The molecule has 2 aromatic carbocycles. The Morgan fingerprint density at radius 1 is 1.05 bits per heavy atom. The zero-order valence-corrected chi connectivity index (χ0v) is 12.9. The van der Waals surface area contributed by atoms with E-state index in [4.69, 9.17) is 23.2 Å². The van der Waals surface area contributed by atoms with E-state index in [1.807, 2.05) is 36.4 Å². The number of hydrogen-bond donors (Lipinski definition) is 1. The quantitative estimate of drug-likeness (QED) is 0.842. The van der Waals surface area contributed by atoms with Crippen LogP contribution in [0, 0.1) is 0 Å². The maximum absolute atomic E-state index is 12.8. The van der Waals surface area contributed by atoms with Crippen LogP contribution in [0.1, 0.15) is 24.8 Å². The third-order valence-corrected chi connectivity index (χ3v) is 4.67. The molecule has 0 heterocycles. The summed E-state index contributed by atoms with van der Waals surface area (Å²) in [5.41, 5.74) is 1.14. The Kier molecular flexibility index (Phi) is 3.92. The summed E-state index contributed by atoms with van der Waals surface area (Å²) in [5.74, 6) is 0.00386. The molecule has 0 spiro atoms. The number of carbonyl (C=O) groups excluding carboxylic acids is 1. The fourth-order valence-electron chi connectivity index (χ4n) is 2.80. The molecule has 1 aliphatic carbocycles. The van der Waals surface area contributed by atoms with Gasteiger partial charge in [-0.3, -0.25) is 4.79 Å². The lowest BCUT2D eigenvalue weighted by atomic mass is 9.63.